The van der Waals surface area contributed by atoms with Crippen LogP contribution in [0.2, 0.25) is 0 Å². The average molecular weight is 349 g/mol. The minimum atomic E-state index is -1.30. The van der Waals surface area contributed by atoms with Crippen LogP contribution in [0.4, 0.5) is 4.39 Å². The number of nitrogens with one attached hydrogen (secondary N) is 1. The Morgan fingerprint density at radius 3 is 2.86 bits per heavy atom. The number of hydrogen-bond donors (Lipinski definition) is 2. The molecule has 2 N–H and O–H groups in total. The van der Waals surface area contributed by atoms with Gasteiger partial charge in [0.2, 0.25) is 0 Å². The molecule has 0 aliphatic rings. The van der Waals surface area contributed by atoms with Crippen LogP contribution < -0.4 is 0 Å². The van der Waals surface area contributed by atoms with Crippen LogP contribution in [0.3, 0.4) is 0 Å². The summed E-state index contributed by atoms with van der Waals surface area (Å²) >= 11 is 3.40. The van der Waals surface area contributed by atoms with Crippen LogP contribution >= 0.6 is 15.9 Å². The average Bonchev–Trinajstić information content (AvgIpc) is 2.78. The van der Waals surface area contributed by atoms with Crippen LogP contribution in [0.25, 0.3) is 11.0 Å². The number of carboxylic acid groups (broad SMARTS) is 1. The fourth-order valence-corrected chi connectivity index (χ4v) is 2.62. The molecule has 106 valence electrons. The first-order valence-corrected chi connectivity index (χ1v) is 6.98. The molecule has 0 fully saturated rings. The summed E-state index contributed by atoms with van der Waals surface area (Å²) in [5.74, 6) is -1.41. The number of fused-ring (bicyclic) bond motifs is 1. The highest BCUT2D eigenvalue weighted by molar-refractivity contribution is 9.10. The first kappa shape index (κ1) is 13.8. The topological polar surface area (TPSA) is 66.0 Å². The summed E-state index contributed by atoms with van der Waals surface area (Å²) < 4.78 is 14.6. The summed E-state index contributed by atoms with van der Waals surface area (Å²) in [5, 5.41) is 8.91. The van der Waals surface area contributed by atoms with Gasteiger partial charge in [-0.05, 0) is 23.8 Å². The van der Waals surface area contributed by atoms with E-state index in [9.17, 15) is 9.18 Å². The molecule has 0 unspecified atom stereocenters. The first-order valence-electron chi connectivity index (χ1n) is 6.19. The van der Waals surface area contributed by atoms with E-state index in [0.717, 1.165) is 16.1 Å². The van der Waals surface area contributed by atoms with Gasteiger partial charge in [-0.1, -0.05) is 28.1 Å². The van der Waals surface area contributed by atoms with Crippen LogP contribution in [-0.2, 0) is 6.42 Å². The van der Waals surface area contributed by atoms with Crippen LogP contribution in [0, 0.1) is 5.82 Å². The number of nitrogens with zero attached hydrogens (tertiary/aromatic N) is 1. The van der Waals surface area contributed by atoms with Crippen molar-refractivity contribution in [1.29, 1.82) is 0 Å². The molecule has 0 amide bonds. The van der Waals surface area contributed by atoms with E-state index in [1.165, 1.54) is 6.07 Å². The molecule has 0 aliphatic carbocycles. The van der Waals surface area contributed by atoms with Crippen molar-refractivity contribution in [2.75, 3.05) is 0 Å². The zero-order valence-electron chi connectivity index (χ0n) is 10.7. The number of carboxylic acids is 1. The van der Waals surface area contributed by atoms with Gasteiger partial charge in [-0.2, -0.15) is 0 Å². The quantitative estimate of drug-likeness (QED) is 0.757. The number of H-pyrrole nitrogens is 1. The summed E-state index contributed by atoms with van der Waals surface area (Å²) in [6.45, 7) is 0. The van der Waals surface area contributed by atoms with Gasteiger partial charge in [0.25, 0.3) is 0 Å². The molecule has 2 aromatic carbocycles. The van der Waals surface area contributed by atoms with Crippen molar-refractivity contribution >= 4 is 32.9 Å². The number of rotatable bonds is 3. The van der Waals surface area contributed by atoms with Crippen LogP contribution in [0.15, 0.2) is 40.9 Å². The molecule has 0 bridgehead atoms. The number of hydrogen-bond acceptors (Lipinski definition) is 2. The number of aromatic nitrogens is 2. The Labute approximate surface area is 127 Å². The maximum absolute atomic E-state index is 13.6. The molecule has 3 rings (SSSR count). The summed E-state index contributed by atoms with van der Waals surface area (Å²) in [7, 11) is 0. The largest absolute Gasteiger partial charge is 0.478 e. The van der Waals surface area contributed by atoms with E-state index in [2.05, 4.69) is 25.9 Å². The van der Waals surface area contributed by atoms with Crippen molar-refractivity contribution in [3.8, 4) is 0 Å². The molecule has 0 saturated carbocycles. The minimum absolute atomic E-state index is 0.372. The van der Waals surface area contributed by atoms with Gasteiger partial charge in [0.1, 0.15) is 11.6 Å². The van der Waals surface area contributed by atoms with Crippen molar-refractivity contribution in [1.82, 2.24) is 9.97 Å². The third-order valence-electron chi connectivity index (χ3n) is 3.11. The summed E-state index contributed by atoms with van der Waals surface area (Å²) in [6.07, 6.45) is 0.554. The molecular weight excluding hydrogens is 339 g/mol. The zero-order valence-corrected chi connectivity index (χ0v) is 12.3. The lowest BCUT2D eigenvalue weighted by atomic mass is 10.1. The number of halogens is 2. The molecular formula is C15H10BrFN2O2. The third-order valence-corrected chi connectivity index (χ3v) is 3.60. The van der Waals surface area contributed by atoms with Gasteiger partial charge in [0.15, 0.2) is 0 Å². The number of imidazole rings is 1. The highest BCUT2D eigenvalue weighted by Gasteiger charge is 2.14. The Balaban J connectivity index is 1.99. The van der Waals surface area contributed by atoms with E-state index in [1.807, 2.05) is 24.3 Å². The van der Waals surface area contributed by atoms with Gasteiger partial charge in [0, 0.05) is 17.0 Å². The van der Waals surface area contributed by atoms with Crippen molar-refractivity contribution < 1.29 is 14.3 Å². The van der Waals surface area contributed by atoms with E-state index in [-0.39, 0.29) is 5.56 Å². The van der Waals surface area contributed by atoms with Gasteiger partial charge in [-0.3, -0.25) is 0 Å². The lowest BCUT2D eigenvalue weighted by Crippen LogP contribution is -1.99. The molecule has 0 aliphatic heterocycles. The second-order valence-corrected chi connectivity index (χ2v) is 5.56. The fourth-order valence-electron chi connectivity index (χ4n) is 2.17. The summed E-state index contributed by atoms with van der Waals surface area (Å²) in [5.41, 5.74) is 1.60. The second kappa shape index (κ2) is 5.29. The van der Waals surface area contributed by atoms with Crippen LogP contribution in [-0.4, -0.2) is 21.0 Å². The van der Waals surface area contributed by atoms with E-state index in [0.29, 0.717) is 23.3 Å². The Hall–Kier alpha value is -2.21. The number of aromatic carboxylic acids is 1. The summed E-state index contributed by atoms with van der Waals surface area (Å²) in [6, 6.07) is 10.2. The predicted molar refractivity (Wildman–Crippen MR) is 80.0 cm³/mol. The second-order valence-electron chi connectivity index (χ2n) is 4.64. The lowest BCUT2D eigenvalue weighted by Gasteiger charge is -1.98. The molecule has 0 saturated heterocycles. The Morgan fingerprint density at radius 1 is 1.33 bits per heavy atom. The summed E-state index contributed by atoms with van der Waals surface area (Å²) in [4.78, 5) is 18.2. The molecule has 0 atom stereocenters. The van der Waals surface area contributed by atoms with E-state index >= 15 is 0 Å². The SMILES string of the molecule is O=C(O)c1cc2nc(Cc3cccc(Br)c3)[nH]c2cc1F. The van der Waals surface area contributed by atoms with E-state index in [4.69, 9.17) is 5.11 Å². The highest BCUT2D eigenvalue weighted by atomic mass is 79.9. The number of aromatic amines is 1. The lowest BCUT2D eigenvalue weighted by molar-refractivity contribution is 0.0692. The molecule has 21 heavy (non-hydrogen) atoms. The van der Waals surface area contributed by atoms with Gasteiger partial charge in [0.05, 0.1) is 16.6 Å². The van der Waals surface area contributed by atoms with Crippen molar-refractivity contribution in [2.45, 2.75) is 6.42 Å². The molecule has 0 radical (unpaired) electrons. The van der Waals surface area contributed by atoms with E-state index in [1.54, 1.807) is 0 Å². The predicted octanol–water partition coefficient (Wildman–Crippen LogP) is 3.75. The first-order chi connectivity index (χ1) is 10.0. The maximum atomic E-state index is 13.6. The molecule has 0 spiro atoms. The zero-order chi connectivity index (χ0) is 15.0. The Morgan fingerprint density at radius 2 is 2.14 bits per heavy atom. The Kier molecular flexibility index (Phi) is 3.47. The maximum Gasteiger partial charge on any atom is 0.338 e. The van der Waals surface area contributed by atoms with E-state index < -0.39 is 11.8 Å². The van der Waals surface area contributed by atoms with Crippen molar-refractivity contribution in [2.24, 2.45) is 0 Å². The van der Waals surface area contributed by atoms with Crippen molar-refractivity contribution in [3.63, 3.8) is 0 Å². The van der Waals surface area contributed by atoms with Crippen LogP contribution in [0.5, 0.6) is 0 Å². The molecule has 4 nitrogen and oxygen atoms in total. The molecule has 1 heterocycles. The molecule has 1 aromatic heterocycles. The van der Waals surface area contributed by atoms with Crippen LogP contribution in [0.1, 0.15) is 21.7 Å². The standard InChI is InChI=1S/C15H10BrFN2O2/c16-9-3-1-2-8(4-9)5-14-18-12-6-10(15(20)21)11(17)7-13(12)19-14/h1-4,6-7H,5H2,(H,18,19)(H,20,21). The minimum Gasteiger partial charge on any atom is -0.478 e. The molecule has 3 aromatic rings. The highest BCUT2D eigenvalue weighted by Crippen LogP contribution is 2.20. The number of carbonyl (C=O) groups is 1. The van der Waals surface area contributed by atoms with Gasteiger partial charge < -0.3 is 10.1 Å². The normalized spacial score (nSPS) is 11.0. The number of benzene rings is 2. The van der Waals surface area contributed by atoms with Crippen molar-refractivity contribution in [3.05, 3.63) is 63.6 Å². The van der Waals surface area contributed by atoms with Gasteiger partial charge in [-0.25, -0.2) is 14.2 Å². The smallest absolute Gasteiger partial charge is 0.338 e. The van der Waals surface area contributed by atoms with Gasteiger partial charge in [-0.15, -0.1) is 0 Å². The fraction of sp³-hybridized carbons (Fsp3) is 0.0667. The monoisotopic (exact) mass is 348 g/mol. The molecule has 6 heteroatoms. The Bertz CT molecular complexity index is 845. The van der Waals surface area contributed by atoms with Gasteiger partial charge >= 0.3 is 5.97 Å². The third kappa shape index (κ3) is 2.80.